The third-order valence-electron chi connectivity index (χ3n) is 3.67. The Kier molecular flexibility index (Phi) is 7.53. The SMILES string of the molecule is CCOC(=O)C1=C(COC(=O)CCSC)NC(=O)N[C@@H]1c1ccccc1. The van der Waals surface area contributed by atoms with Crippen molar-refractivity contribution in [3.8, 4) is 0 Å². The number of carbonyl (C=O) groups excluding carboxylic acids is 3. The number of rotatable bonds is 8. The molecular formula is C18H22N2O5S. The molecule has 140 valence electrons. The highest BCUT2D eigenvalue weighted by molar-refractivity contribution is 7.98. The van der Waals surface area contributed by atoms with Gasteiger partial charge >= 0.3 is 18.0 Å². The summed E-state index contributed by atoms with van der Waals surface area (Å²) in [5.41, 5.74) is 1.20. The minimum absolute atomic E-state index is 0.193. The maximum atomic E-state index is 12.5. The van der Waals surface area contributed by atoms with E-state index in [2.05, 4.69) is 10.6 Å². The number of thioether (sulfide) groups is 1. The Morgan fingerprint density at radius 2 is 1.92 bits per heavy atom. The zero-order valence-electron chi connectivity index (χ0n) is 14.7. The molecule has 0 aromatic heterocycles. The van der Waals surface area contributed by atoms with Crippen LogP contribution in [0, 0.1) is 0 Å². The van der Waals surface area contributed by atoms with Crippen molar-refractivity contribution in [2.45, 2.75) is 19.4 Å². The molecular weight excluding hydrogens is 356 g/mol. The van der Waals surface area contributed by atoms with E-state index >= 15 is 0 Å². The molecule has 2 rings (SSSR count). The molecule has 1 atom stereocenters. The van der Waals surface area contributed by atoms with Crippen LogP contribution in [0.1, 0.15) is 24.9 Å². The number of carbonyl (C=O) groups is 3. The minimum Gasteiger partial charge on any atom is -0.463 e. The Hall–Kier alpha value is -2.48. The first-order valence-electron chi connectivity index (χ1n) is 8.24. The molecule has 0 fully saturated rings. The van der Waals surface area contributed by atoms with E-state index in [9.17, 15) is 14.4 Å². The number of hydrogen-bond donors (Lipinski definition) is 2. The van der Waals surface area contributed by atoms with Crippen LogP contribution < -0.4 is 10.6 Å². The quantitative estimate of drug-likeness (QED) is 0.673. The van der Waals surface area contributed by atoms with Gasteiger partial charge in [-0.25, -0.2) is 9.59 Å². The maximum Gasteiger partial charge on any atom is 0.338 e. The van der Waals surface area contributed by atoms with Gasteiger partial charge in [-0.05, 0) is 18.7 Å². The Morgan fingerprint density at radius 3 is 2.58 bits per heavy atom. The van der Waals surface area contributed by atoms with Crippen molar-refractivity contribution in [3.63, 3.8) is 0 Å². The summed E-state index contributed by atoms with van der Waals surface area (Å²) in [4.78, 5) is 36.3. The number of esters is 2. The van der Waals surface area contributed by atoms with Gasteiger partial charge in [-0.2, -0.15) is 11.8 Å². The summed E-state index contributed by atoms with van der Waals surface area (Å²) in [7, 11) is 0. The fourth-order valence-corrected chi connectivity index (χ4v) is 2.86. The van der Waals surface area contributed by atoms with Crippen molar-refractivity contribution in [3.05, 3.63) is 47.2 Å². The molecule has 1 aliphatic rings. The summed E-state index contributed by atoms with van der Waals surface area (Å²) >= 11 is 1.53. The van der Waals surface area contributed by atoms with E-state index in [1.165, 1.54) is 11.8 Å². The van der Waals surface area contributed by atoms with Crippen molar-refractivity contribution in [1.29, 1.82) is 0 Å². The molecule has 0 radical (unpaired) electrons. The van der Waals surface area contributed by atoms with Crippen molar-refractivity contribution >= 4 is 29.7 Å². The summed E-state index contributed by atoms with van der Waals surface area (Å²) < 4.78 is 10.4. The second kappa shape index (κ2) is 9.86. The van der Waals surface area contributed by atoms with E-state index < -0.39 is 18.0 Å². The van der Waals surface area contributed by atoms with Gasteiger partial charge in [0.1, 0.15) is 6.61 Å². The third-order valence-corrected chi connectivity index (χ3v) is 4.28. The van der Waals surface area contributed by atoms with E-state index in [0.29, 0.717) is 5.75 Å². The summed E-state index contributed by atoms with van der Waals surface area (Å²) in [6, 6.07) is 7.93. The predicted molar refractivity (Wildman–Crippen MR) is 98.5 cm³/mol. The van der Waals surface area contributed by atoms with Gasteiger partial charge < -0.3 is 20.1 Å². The average Bonchev–Trinajstić information content (AvgIpc) is 2.65. The molecule has 1 aromatic rings. The largest absolute Gasteiger partial charge is 0.463 e. The molecule has 1 aliphatic heterocycles. The number of ether oxygens (including phenoxy) is 2. The topological polar surface area (TPSA) is 93.7 Å². The fraction of sp³-hybridized carbons (Fsp3) is 0.389. The minimum atomic E-state index is -0.677. The van der Waals surface area contributed by atoms with Crippen molar-refractivity contribution in [1.82, 2.24) is 10.6 Å². The monoisotopic (exact) mass is 378 g/mol. The molecule has 7 nitrogen and oxygen atoms in total. The Balaban J connectivity index is 2.30. The molecule has 0 saturated carbocycles. The molecule has 0 spiro atoms. The van der Waals surface area contributed by atoms with Crippen LogP contribution in [0.3, 0.4) is 0 Å². The van der Waals surface area contributed by atoms with E-state index in [1.54, 1.807) is 19.1 Å². The molecule has 2 N–H and O–H groups in total. The first-order valence-corrected chi connectivity index (χ1v) is 9.63. The zero-order valence-corrected chi connectivity index (χ0v) is 15.6. The molecule has 0 bridgehead atoms. The average molecular weight is 378 g/mol. The molecule has 0 aliphatic carbocycles. The Morgan fingerprint density at radius 1 is 1.19 bits per heavy atom. The highest BCUT2D eigenvalue weighted by Crippen LogP contribution is 2.27. The second-order valence-electron chi connectivity index (χ2n) is 5.46. The number of urea groups is 1. The van der Waals surface area contributed by atoms with Gasteiger partial charge in [-0.3, -0.25) is 4.79 Å². The number of amides is 2. The maximum absolute atomic E-state index is 12.5. The molecule has 0 saturated heterocycles. The predicted octanol–water partition coefficient (Wildman–Crippen LogP) is 2.15. The van der Waals surface area contributed by atoms with E-state index in [1.807, 2.05) is 24.5 Å². The molecule has 1 heterocycles. The lowest BCUT2D eigenvalue weighted by Crippen LogP contribution is -2.47. The highest BCUT2D eigenvalue weighted by atomic mass is 32.2. The van der Waals surface area contributed by atoms with E-state index in [-0.39, 0.29) is 36.9 Å². The molecule has 1 aromatic carbocycles. The van der Waals surface area contributed by atoms with E-state index in [0.717, 1.165) is 5.56 Å². The van der Waals surface area contributed by atoms with Crippen LogP contribution in [-0.4, -0.2) is 43.2 Å². The Labute approximate surface area is 156 Å². The van der Waals surface area contributed by atoms with Gasteiger partial charge in [0, 0.05) is 5.75 Å². The Bertz CT molecular complexity index is 690. The summed E-state index contributed by atoms with van der Waals surface area (Å²) in [6.45, 7) is 1.70. The van der Waals surface area contributed by atoms with Crippen LogP contribution in [0.15, 0.2) is 41.6 Å². The van der Waals surface area contributed by atoms with Gasteiger partial charge in [0.15, 0.2) is 0 Å². The van der Waals surface area contributed by atoms with Crippen LogP contribution in [0.25, 0.3) is 0 Å². The number of nitrogens with one attached hydrogen (secondary N) is 2. The van der Waals surface area contributed by atoms with E-state index in [4.69, 9.17) is 9.47 Å². The molecule has 2 amide bonds. The normalized spacial score (nSPS) is 16.5. The van der Waals surface area contributed by atoms with Crippen LogP contribution in [0.4, 0.5) is 4.79 Å². The van der Waals surface area contributed by atoms with Gasteiger partial charge in [0.05, 0.1) is 30.3 Å². The van der Waals surface area contributed by atoms with Crippen LogP contribution in [-0.2, 0) is 19.1 Å². The van der Waals surface area contributed by atoms with Crippen LogP contribution >= 0.6 is 11.8 Å². The lowest BCUT2D eigenvalue weighted by atomic mass is 9.95. The van der Waals surface area contributed by atoms with Gasteiger partial charge in [0.2, 0.25) is 0 Å². The third kappa shape index (κ3) is 5.26. The lowest BCUT2D eigenvalue weighted by Gasteiger charge is -2.29. The number of hydrogen-bond acceptors (Lipinski definition) is 6. The van der Waals surface area contributed by atoms with Gasteiger partial charge in [0.25, 0.3) is 0 Å². The van der Waals surface area contributed by atoms with Gasteiger partial charge in [-0.1, -0.05) is 30.3 Å². The number of benzene rings is 1. The molecule has 8 heteroatoms. The highest BCUT2D eigenvalue weighted by Gasteiger charge is 2.34. The summed E-state index contributed by atoms with van der Waals surface area (Å²) in [5, 5.41) is 5.28. The summed E-state index contributed by atoms with van der Waals surface area (Å²) in [5.74, 6) is -0.313. The lowest BCUT2D eigenvalue weighted by molar-refractivity contribution is -0.143. The van der Waals surface area contributed by atoms with Crippen molar-refractivity contribution in [2.24, 2.45) is 0 Å². The van der Waals surface area contributed by atoms with Crippen molar-refractivity contribution in [2.75, 3.05) is 25.2 Å². The van der Waals surface area contributed by atoms with Crippen LogP contribution in [0.2, 0.25) is 0 Å². The summed E-state index contributed by atoms with van der Waals surface area (Å²) in [6.07, 6.45) is 2.16. The smallest absolute Gasteiger partial charge is 0.338 e. The van der Waals surface area contributed by atoms with Crippen LogP contribution in [0.5, 0.6) is 0 Å². The van der Waals surface area contributed by atoms with Gasteiger partial charge in [-0.15, -0.1) is 0 Å². The van der Waals surface area contributed by atoms with Crippen molar-refractivity contribution < 1.29 is 23.9 Å². The second-order valence-corrected chi connectivity index (χ2v) is 6.44. The zero-order chi connectivity index (χ0) is 18.9. The molecule has 0 unspecified atom stereocenters. The first-order chi connectivity index (χ1) is 12.6. The fourth-order valence-electron chi connectivity index (χ4n) is 2.49. The standard InChI is InChI=1S/C18H22N2O5S/c1-3-24-17(22)15-13(11-25-14(21)9-10-26-2)19-18(23)20-16(15)12-7-5-4-6-8-12/h4-8,16H,3,9-11H2,1-2H3,(H2,19,20,23)/t16-/m1/s1. The molecule has 26 heavy (non-hydrogen) atoms. The first kappa shape index (κ1) is 19.8.